The van der Waals surface area contributed by atoms with Crippen molar-refractivity contribution in [2.24, 2.45) is 16.7 Å². The number of ketones is 1. The molecule has 94 valence electrons. The molecule has 0 N–H and O–H groups in total. The molecule has 2 aliphatic carbocycles. The van der Waals surface area contributed by atoms with Gasteiger partial charge < -0.3 is 0 Å². The Morgan fingerprint density at radius 3 is 2.28 bits per heavy atom. The van der Waals surface area contributed by atoms with E-state index in [-0.39, 0.29) is 10.8 Å². The Labute approximate surface area is 109 Å². The molecule has 3 rings (SSSR count). The van der Waals surface area contributed by atoms with E-state index in [1.165, 1.54) is 6.42 Å². The molecule has 0 radical (unpaired) electrons. The van der Waals surface area contributed by atoms with Gasteiger partial charge in [0.25, 0.3) is 0 Å². The lowest BCUT2D eigenvalue weighted by molar-refractivity contribution is -0.129. The second-order valence-electron chi connectivity index (χ2n) is 6.53. The predicted molar refractivity (Wildman–Crippen MR) is 74.0 cm³/mol. The first-order valence-electron chi connectivity index (χ1n) is 6.78. The minimum absolute atomic E-state index is 0.0277. The highest BCUT2D eigenvalue weighted by Gasteiger charge is 2.63. The maximum Gasteiger partial charge on any atom is 0.165 e. The Kier molecular flexibility index (Phi) is 2.32. The van der Waals surface area contributed by atoms with E-state index in [0.29, 0.717) is 11.7 Å². The van der Waals surface area contributed by atoms with Crippen LogP contribution in [0.15, 0.2) is 35.9 Å². The quantitative estimate of drug-likeness (QED) is 0.675. The summed E-state index contributed by atoms with van der Waals surface area (Å²) in [6.07, 6.45) is 4.36. The summed E-state index contributed by atoms with van der Waals surface area (Å²) in [5, 5.41) is 0. The minimum atomic E-state index is -0.0793. The van der Waals surface area contributed by atoms with Crippen molar-refractivity contribution in [1.29, 1.82) is 0 Å². The summed E-state index contributed by atoms with van der Waals surface area (Å²) in [4.78, 5) is 12.6. The van der Waals surface area contributed by atoms with Gasteiger partial charge in [-0.25, -0.2) is 0 Å². The van der Waals surface area contributed by atoms with Crippen LogP contribution in [0.25, 0.3) is 6.08 Å². The summed E-state index contributed by atoms with van der Waals surface area (Å²) in [5.74, 6) is 0.917. The highest BCUT2D eigenvalue weighted by atomic mass is 16.1. The predicted octanol–water partition coefficient (Wildman–Crippen LogP) is 4.10. The minimum Gasteiger partial charge on any atom is -0.294 e. The van der Waals surface area contributed by atoms with E-state index >= 15 is 0 Å². The molecule has 2 unspecified atom stereocenters. The molecule has 2 saturated carbocycles. The Morgan fingerprint density at radius 2 is 1.83 bits per heavy atom. The largest absolute Gasteiger partial charge is 0.294 e. The molecule has 2 aliphatic rings. The molecular weight excluding hydrogens is 220 g/mol. The van der Waals surface area contributed by atoms with Crippen LogP contribution in [0.5, 0.6) is 0 Å². The van der Waals surface area contributed by atoms with Gasteiger partial charge in [-0.3, -0.25) is 4.79 Å². The molecular formula is C17H20O. The molecule has 18 heavy (non-hydrogen) atoms. The van der Waals surface area contributed by atoms with Crippen LogP contribution in [-0.4, -0.2) is 5.78 Å². The van der Waals surface area contributed by atoms with Gasteiger partial charge in [0.15, 0.2) is 5.78 Å². The molecule has 0 aromatic heterocycles. The Morgan fingerprint density at radius 1 is 1.17 bits per heavy atom. The van der Waals surface area contributed by atoms with Gasteiger partial charge in [0.2, 0.25) is 0 Å². The van der Waals surface area contributed by atoms with Crippen LogP contribution in [0, 0.1) is 16.7 Å². The molecule has 0 spiro atoms. The van der Waals surface area contributed by atoms with E-state index in [9.17, 15) is 4.79 Å². The molecule has 0 aliphatic heterocycles. The fourth-order valence-corrected chi connectivity index (χ4v) is 3.91. The van der Waals surface area contributed by atoms with Crippen molar-refractivity contribution in [3.05, 3.63) is 41.5 Å². The van der Waals surface area contributed by atoms with E-state index in [2.05, 4.69) is 39.0 Å². The van der Waals surface area contributed by atoms with Gasteiger partial charge in [-0.05, 0) is 35.8 Å². The maximum absolute atomic E-state index is 12.6. The topological polar surface area (TPSA) is 17.1 Å². The number of rotatable bonds is 1. The zero-order chi connectivity index (χ0) is 13.0. The van der Waals surface area contributed by atoms with Crippen molar-refractivity contribution in [1.82, 2.24) is 0 Å². The second-order valence-corrected chi connectivity index (χ2v) is 6.53. The molecule has 0 heterocycles. The molecule has 1 heteroatoms. The summed E-state index contributed by atoms with van der Waals surface area (Å²) < 4.78 is 0. The second kappa shape index (κ2) is 3.57. The summed E-state index contributed by atoms with van der Waals surface area (Å²) in [6, 6.07) is 10.2. The van der Waals surface area contributed by atoms with Gasteiger partial charge >= 0.3 is 0 Å². The molecule has 0 amide bonds. The number of allylic oxidation sites excluding steroid dienone is 1. The Balaban J connectivity index is 2.07. The zero-order valence-corrected chi connectivity index (χ0v) is 11.4. The van der Waals surface area contributed by atoms with Gasteiger partial charge in [-0.15, -0.1) is 0 Å². The lowest BCUT2D eigenvalue weighted by Crippen LogP contribution is -2.41. The lowest BCUT2D eigenvalue weighted by Gasteiger charge is -2.45. The van der Waals surface area contributed by atoms with Gasteiger partial charge in [-0.1, -0.05) is 51.1 Å². The summed E-state index contributed by atoms with van der Waals surface area (Å²) >= 11 is 0. The summed E-state index contributed by atoms with van der Waals surface area (Å²) in [7, 11) is 0. The number of carbonyl (C=O) groups is 1. The van der Waals surface area contributed by atoms with Crippen molar-refractivity contribution < 1.29 is 4.79 Å². The van der Waals surface area contributed by atoms with E-state index in [4.69, 9.17) is 0 Å². The number of carbonyl (C=O) groups excluding carboxylic acids is 1. The third-order valence-corrected chi connectivity index (χ3v) is 5.16. The smallest absolute Gasteiger partial charge is 0.165 e. The first-order chi connectivity index (χ1) is 8.46. The van der Waals surface area contributed by atoms with Gasteiger partial charge in [0.1, 0.15) is 0 Å². The van der Waals surface area contributed by atoms with Gasteiger partial charge in [0.05, 0.1) is 0 Å². The monoisotopic (exact) mass is 240 g/mol. The van der Waals surface area contributed by atoms with E-state index < -0.39 is 0 Å². The van der Waals surface area contributed by atoms with Crippen LogP contribution in [0.2, 0.25) is 0 Å². The zero-order valence-electron chi connectivity index (χ0n) is 11.4. The molecule has 1 aromatic rings. The number of benzene rings is 1. The van der Waals surface area contributed by atoms with Crippen LogP contribution >= 0.6 is 0 Å². The number of Topliss-reactive ketones (excluding diaryl/α,β-unsaturated/α-hetero) is 1. The Bertz CT molecular complexity index is 524. The molecule has 0 saturated heterocycles. The van der Waals surface area contributed by atoms with Crippen LogP contribution in [-0.2, 0) is 4.79 Å². The van der Waals surface area contributed by atoms with E-state index in [1.807, 2.05) is 18.2 Å². The van der Waals surface area contributed by atoms with Gasteiger partial charge in [-0.2, -0.15) is 0 Å². The molecule has 2 fully saturated rings. The van der Waals surface area contributed by atoms with Crippen molar-refractivity contribution in [3.63, 3.8) is 0 Å². The summed E-state index contributed by atoms with van der Waals surface area (Å²) in [6.45, 7) is 6.61. The Hall–Kier alpha value is -1.37. The molecule has 2 atom stereocenters. The van der Waals surface area contributed by atoms with Crippen LogP contribution in [0.4, 0.5) is 0 Å². The highest BCUT2D eigenvalue weighted by molar-refractivity contribution is 6.08. The lowest BCUT2D eigenvalue weighted by atomic mass is 9.57. The van der Waals surface area contributed by atoms with Crippen LogP contribution in [0.1, 0.15) is 39.2 Å². The fraction of sp³-hybridized carbons (Fsp3) is 0.471. The van der Waals surface area contributed by atoms with E-state index in [1.54, 1.807) is 0 Å². The third kappa shape index (κ3) is 1.36. The van der Waals surface area contributed by atoms with E-state index in [0.717, 1.165) is 17.6 Å². The maximum atomic E-state index is 12.6. The van der Waals surface area contributed by atoms with Crippen molar-refractivity contribution in [2.45, 2.75) is 33.6 Å². The SMILES string of the molecule is CC12CCC1C(C)(C)/C(=C\c1ccccc1)C2=O. The highest BCUT2D eigenvalue weighted by Crippen LogP contribution is 2.65. The van der Waals surface area contributed by atoms with Gasteiger partial charge in [0, 0.05) is 11.0 Å². The van der Waals surface area contributed by atoms with Crippen LogP contribution < -0.4 is 0 Å². The molecule has 0 bridgehead atoms. The normalized spacial score (nSPS) is 35.4. The third-order valence-electron chi connectivity index (χ3n) is 5.16. The molecule has 1 nitrogen and oxygen atoms in total. The number of hydrogen-bond donors (Lipinski definition) is 0. The van der Waals surface area contributed by atoms with Crippen molar-refractivity contribution >= 4 is 11.9 Å². The molecule has 1 aromatic carbocycles. The number of fused-ring (bicyclic) bond motifs is 1. The first kappa shape index (κ1) is 11.7. The van der Waals surface area contributed by atoms with Crippen molar-refractivity contribution in [2.75, 3.05) is 0 Å². The summed E-state index contributed by atoms with van der Waals surface area (Å²) in [5.41, 5.74) is 2.11. The standard InChI is InChI=1S/C17H20O/c1-16(2)13(11-12-7-5-4-6-8-12)15(18)17(3)10-9-14(16)17/h4-8,11,14H,9-10H2,1-3H3/b13-11-. The average molecular weight is 240 g/mol. The first-order valence-corrected chi connectivity index (χ1v) is 6.78. The van der Waals surface area contributed by atoms with Crippen molar-refractivity contribution in [3.8, 4) is 0 Å². The van der Waals surface area contributed by atoms with Crippen LogP contribution in [0.3, 0.4) is 0 Å². The number of hydrogen-bond acceptors (Lipinski definition) is 1. The fourth-order valence-electron chi connectivity index (χ4n) is 3.91. The average Bonchev–Trinajstić information content (AvgIpc) is 2.41.